The van der Waals surface area contributed by atoms with Crippen LogP contribution in [0.1, 0.15) is 10.4 Å². The second-order valence-corrected chi connectivity index (χ2v) is 7.09. The SMILES string of the molecule is C=CCOc1ccc(C(=O)N2CCN(CC(=O)Nc3cccc(F)c3)CC2)cc1OC. The molecule has 0 radical (unpaired) electrons. The molecule has 0 atom stereocenters. The van der Waals surface area contributed by atoms with Crippen LogP contribution >= 0.6 is 0 Å². The summed E-state index contributed by atoms with van der Waals surface area (Å²) in [4.78, 5) is 28.8. The molecule has 7 nitrogen and oxygen atoms in total. The Bertz CT molecular complexity index is 942. The fourth-order valence-electron chi connectivity index (χ4n) is 3.33. The molecule has 2 aromatic rings. The van der Waals surface area contributed by atoms with E-state index >= 15 is 0 Å². The Kier molecular flexibility index (Phi) is 7.61. The zero-order valence-corrected chi connectivity index (χ0v) is 17.5. The van der Waals surface area contributed by atoms with Crippen LogP contribution in [0.25, 0.3) is 0 Å². The quantitative estimate of drug-likeness (QED) is 0.656. The number of piperazine rings is 1. The first-order chi connectivity index (χ1) is 15.0. The molecule has 0 bridgehead atoms. The minimum absolute atomic E-state index is 0.0996. The Morgan fingerprint density at radius 2 is 1.90 bits per heavy atom. The number of anilines is 1. The second-order valence-electron chi connectivity index (χ2n) is 7.09. The summed E-state index contributed by atoms with van der Waals surface area (Å²) in [6.07, 6.45) is 1.64. The number of halogens is 1. The van der Waals surface area contributed by atoms with Gasteiger partial charge in [-0.1, -0.05) is 18.7 Å². The van der Waals surface area contributed by atoms with Crippen molar-refractivity contribution < 1.29 is 23.5 Å². The summed E-state index contributed by atoms with van der Waals surface area (Å²) in [6.45, 7) is 6.29. The molecule has 2 amide bonds. The number of carbonyl (C=O) groups is 2. The van der Waals surface area contributed by atoms with Gasteiger partial charge < -0.3 is 19.7 Å². The molecular formula is C23H26FN3O4. The number of nitrogens with one attached hydrogen (secondary N) is 1. The minimum atomic E-state index is -0.401. The normalized spacial score (nSPS) is 14.1. The number of benzene rings is 2. The van der Waals surface area contributed by atoms with Gasteiger partial charge in [0.15, 0.2) is 11.5 Å². The molecule has 2 aromatic carbocycles. The van der Waals surface area contributed by atoms with E-state index in [9.17, 15) is 14.0 Å². The molecule has 1 aliphatic rings. The molecular weight excluding hydrogens is 401 g/mol. The smallest absolute Gasteiger partial charge is 0.254 e. The number of carbonyl (C=O) groups excluding carboxylic acids is 2. The van der Waals surface area contributed by atoms with Gasteiger partial charge in [-0.2, -0.15) is 0 Å². The highest BCUT2D eigenvalue weighted by atomic mass is 19.1. The number of rotatable bonds is 8. The lowest BCUT2D eigenvalue weighted by Gasteiger charge is -2.34. The Labute approximate surface area is 181 Å². The number of methoxy groups -OCH3 is 1. The van der Waals surface area contributed by atoms with Crippen LogP contribution in [0.15, 0.2) is 55.1 Å². The summed E-state index contributed by atoms with van der Waals surface area (Å²) < 4.78 is 24.1. The summed E-state index contributed by atoms with van der Waals surface area (Å²) in [5.41, 5.74) is 0.938. The molecule has 1 aliphatic heterocycles. The van der Waals surface area contributed by atoms with Gasteiger partial charge in [0.05, 0.1) is 13.7 Å². The highest BCUT2D eigenvalue weighted by Gasteiger charge is 2.24. The van der Waals surface area contributed by atoms with Crippen molar-refractivity contribution >= 4 is 17.5 Å². The van der Waals surface area contributed by atoms with Gasteiger partial charge in [0.1, 0.15) is 12.4 Å². The van der Waals surface area contributed by atoms with E-state index < -0.39 is 5.82 Å². The van der Waals surface area contributed by atoms with Crippen LogP contribution in [0.3, 0.4) is 0 Å². The monoisotopic (exact) mass is 427 g/mol. The minimum Gasteiger partial charge on any atom is -0.493 e. The summed E-state index contributed by atoms with van der Waals surface area (Å²) in [5, 5.41) is 2.69. The molecule has 1 heterocycles. The summed E-state index contributed by atoms with van der Waals surface area (Å²) >= 11 is 0. The highest BCUT2D eigenvalue weighted by Crippen LogP contribution is 2.28. The molecule has 0 aliphatic carbocycles. The molecule has 0 unspecified atom stereocenters. The lowest BCUT2D eigenvalue weighted by molar-refractivity contribution is -0.117. The molecule has 1 saturated heterocycles. The number of hydrogen-bond donors (Lipinski definition) is 1. The van der Waals surface area contributed by atoms with Crippen molar-refractivity contribution in [2.24, 2.45) is 0 Å². The third-order valence-electron chi connectivity index (χ3n) is 4.90. The van der Waals surface area contributed by atoms with Crippen molar-refractivity contribution in [3.8, 4) is 11.5 Å². The van der Waals surface area contributed by atoms with E-state index in [0.717, 1.165) is 0 Å². The summed E-state index contributed by atoms with van der Waals surface area (Å²) in [6, 6.07) is 10.9. The molecule has 31 heavy (non-hydrogen) atoms. The van der Waals surface area contributed by atoms with Crippen LogP contribution in [-0.4, -0.2) is 68.1 Å². The number of amides is 2. The first-order valence-corrected chi connectivity index (χ1v) is 9.99. The summed E-state index contributed by atoms with van der Waals surface area (Å²) in [5.74, 6) is 0.318. The van der Waals surface area contributed by atoms with E-state index in [0.29, 0.717) is 55.5 Å². The van der Waals surface area contributed by atoms with Crippen LogP contribution in [0.2, 0.25) is 0 Å². The third kappa shape index (κ3) is 6.05. The van der Waals surface area contributed by atoms with Gasteiger partial charge in [0.2, 0.25) is 5.91 Å². The van der Waals surface area contributed by atoms with Gasteiger partial charge in [0.25, 0.3) is 5.91 Å². The molecule has 0 spiro atoms. The van der Waals surface area contributed by atoms with Gasteiger partial charge in [-0.3, -0.25) is 14.5 Å². The van der Waals surface area contributed by atoms with Crippen molar-refractivity contribution in [1.82, 2.24) is 9.80 Å². The Hall–Kier alpha value is -3.39. The van der Waals surface area contributed by atoms with Gasteiger partial charge in [-0.05, 0) is 36.4 Å². The maximum atomic E-state index is 13.2. The van der Waals surface area contributed by atoms with Crippen molar-refractivity contribution in [2.75, 3.05) is 51.8 Å². The Morgan fingerprint density at radius 1 is 1.13 bits per heavy atom. The van der Waals surface area contributed by atoms with Crippen molar-refractivity contribution in [1.29, 1.82) is 0 Å². The second kappa shape index (κ2) is 10.6. The predicted octanol–water partition coefficient (Wildman–Crippen LogP) is 2.80. The van der Waals surface area contributed by atoms with Crippen LogP contribution in [0.4, 0.5) is 10.1 Å². The van der Waals surface area contributed by atoms with E-state index in [2.05, 4.69) is 11.9 Å². The molecule has 1 fully saturated rings. The van der Waals surface area contributed by atoms with Crippen LogP contribution in [-0.2, 0) is 4.79 Å². The fraction of sp³-hybridized carbons (Fsp3) is 0.304. The van der Waals surface area contributed by atoms with Crippen LogP contribution in [0.5, 0.6) is 11.5 Å². The predicted molar refractivity (Wildman–Crippen MR) is 116 cm³/mol. The van der Waals surface area contributed by atoms with Crippen molar-refractivity contribution in [3.05, 3.63) is 66.5 Å². The van der Waals surface area contributed by atoms with Crippen molar-refractivity contribution in [3.63, 3.8) is 0 Å². The van der Waals surface area contributed by atoms with Crippen LogP contribution in [0, 0.1) is 5.82 Å². The maximum Gasteiger partial charge on any atom is 0.254 e. The average Bonchev–Trinajstić information content (AvgIpc) is 2.77. The van der Waals surface area contributed by atoms with Gasteiger partial charge in [0, 0.05) is 37.4 Å². The third-order valence-corrected chi connectivity index (χ3v) is 4.90. The molecule has 1 N–H and O–H groups in total. The number of ether oxygens (including phenoxy) is 2. The summed E-state index contributed by atoms with van der Waals surface area (Å²) in [7, 11) is 1.53. The topological polar surface area (TPSA) is 71.1 Å². The highest BCUT2D eigenvalue weighted by molar-refractivity contribution is 5.95. The first kappa shape index (κ1) is 22.3. The molecule has 8 heteroatoms. The van der Waals surface area contributed by atoms with Crippen LogP contribution < -0.4 is 14.8 Å². The van der Waals surface area contributed by atoms with E-state index in [1.54, 1.807) is 41.3 Å². The Balaban J connectivity index is 1.52. The number of nitrogens with zero attached hydrogens (tertiary/aromatic N) is 2. The molecule has 3 rings (SSSR count). The molecule has 0 aromatic heterocycles. The van der Waals surface area contributed by atoms with E-state index in [1.807, 2.05) is 4.90 Å². The zero-order valence-electron chi connectivity index (χ0n) is 17.5. The largest absolute Gasteiger partial charge is 0.493 e. The first-order valence-electron chi connectivity index (χ1n) is 9.99. The lowest BCUT2D eigenvalue weighted by Crippen LogP contribution is -2.50. The Morgan fingerprint density at radius 3 is 2.58 bits per heavy atom. The van der Waals surface area contributed by atoms with Crippen molar-refractivity contribution in [2.45, 2.75) is 0 Å². The van der Waals surface area contributed by atoms with Gasteiger partial charge in [-0.25, -0.2) is 4.39 Å². The van der Waals surface area contributed by atoms with Gasteiger partial charge in [-0.15, -0.1) is 0 Å². The maximum absolute atomic E-state index is 13.2. The van der Waals surface area contributed by atoms with Gasteiger partial charge >= 0.3 is 0 Å². The van der Waals surface area contributed by atoms with E-state index in [-0.39, 0.29) is 18.4 Å². The zero-order chi connectivity index (χ0) is 22.2. The molecule has 164 valence electrons. The molecule has 0 saturated carbocycles. The fourth-order valence-corrected chi connectivity index (χ4v) is 3.33. The standard InChI is InChI=1S/C23H26FN3O4/c1-3-13-31-20-8-7-17(14-21(20)30-2)23(29)27-11-9-26(10-12-27)16-22(28)25-19-6-4-5-18(24)15-19/h3-8,14-15H,1,9-13,16H2,2H3,(H,25,28). The van der Waals surface area contributed by atoms with E-state index in [1.165, 1.54) is 19.2 Å². The number of hydrogen-bond acceptors (Lipinski definition) is 5. The average molecular weight is 427 g/mol. The van der Waals surface area contributed by atoms with E-state index in [4.69, 9.17) is 9.47 Å². The lowest BCUT2D eigenvalue weighted by atomic mass is 10.1.